The first-order valence-corrected chi connectivity index (χ1v) is 8.46. The molecule has 0 aliphatic heterocycles. The van der Waals surface area contributed by atoms with Gasteiger partial charge in [0, 0.05) is 6.42 Å². The number of ether oxygens (including phenoxy) is 1. The molecule has 0 spiro atoms. The van der Waals surface area contributed by atoms with E-state index in [4.69, 9.17) is 11.3 Å². The summed E-state index contributed by atoms with van der Waals surface area (Å²) in [5.74, 6) is 0.683. The molecule has 0 aliphatic rings. The smallest absolute Gasteiger partial charge is 0.0956 e. The summed E-state index contributed by atoms with van der Waals surface area (Å²) < 4.78 is 4.95. The zero-order valence-corrected chi connectivity index (χ0v) is 13.4. The Hall–Kier alpha value is -0.460. The molecule has 0 saturated heterocycles. The monoisotopic (exact) mass is 267 g/mol. The van der Waals surface area contributed by atoms with Gasteiger partial charge in [0.15, 0.2) is 0 Å². The van der Waals surface area contributed by atoms with Gasteiger partial charge in [-0.05, 0) is 13.0 Å². The quantitative estimate of drug-likeness (QED) is 0.245. The average Bonchev–Trinajstić information content (AvgIpc) is 2.43. The standard InChI is InChI=1S/C18H35O/c1-4-5-6-7-8-9-10-11-12-13-14-15-16-17-18(2)19-3/h2H,4-17H2,1,3H3. The second-order valence-corrected chi connectivity index (χ2v) is 5.66. The molecule has 0 aromatic heterocycles. The van der Waals surface area contributed by atoms with Crippen LogP contribution in [0.1, 0.15) is 96.8 Å². The van der Waals surface area contributed by atoms with Gasteiger partial charge in [-0.1, -0.05) is 84.0 Å². The summed E-state index contributed by atoms with van der Waals surface area (Å²) in [4.78, 5) is 0. The molecule has 0 heterocycles. The van der Waals surface area contributed by atoms with Gasteiger partial charge in [0.2, 0.25) is 0 Å². The molecule has 0 aromatic carbocycles. The number of unbranched alkanes of at least 4 members (excludes halogenated alkanes) is 12. The zero-order chi connectivity index (χ0) is 14.2. The molecular formula is C18H35O. The molecule has 0 aliphatic carbocycles. The van der Waals surface area contributed by atoms with Crippen molar-refractivity contribution in [3.05, 3.63) is 12.3 Å². The van der Waals surface area contributed by atoms with E-state index in [0.717, 1.165) is 6.42 Å². The van der Waals surface area contributed by atoms with E-state index in [9.17, 15) is 0 Å². The Bertz CT molecular complexity index is 186. The topological polar surface area (TPSA) is 9.23 Å². The summed E-state index contributed by atoms with van der Waals surface area (Å²) in [6, 6.07) is 0. The second kappa shape index (κ2) is 15.6. The fourth-order valence-electron chi connectivity index (χ4n) is 2.42. The van der Waals surface area contributed by atoms with Gasteiger partial charge in [-0.2, -0.15) is 0 Å². The van der Waals surface area contributed by atoms with Gasteiger partial charge in [0.05, 0.1) is 12.9 Å². The Kier molecular flexibility index (Phi) is 15.2. The van der Waals surface area contributed by atoms with E-state index in [1.54, 1.807) is 7.11 Å². The van der Waals surface area contributed by atoms with Gasteiger partial charge >= 0.3 is 0 Å². The third-order valence-electron chi connectivity index (χ3n) is 3.79. The molecule has 0 rings (SSSR count). The van der Waals surface area contributed by atoms with Crippen molar-refractivity contribution in [2.75, 3.05) is 7.11 Å². The molecule has 1 radical (unpaired) electrons. The van der Waals surface area contributed by atoms with Crippen LogP contribution in [0.4, 0.5) is 0 Å². The fourth-order valence-corrected chi connectivity index (χ4v) is 2.42. The van der Waals surface area contributed by atoms with E-state index >= 15 is 0 Å². The molecule has 113 valence electrons. The highest BCUT2D eigenvalue weighted by molar-refractivity contribution is 4.77. The third-order valence-corrected chi connectivity index (χ3v) is 3.79. The Morgan fingerprint density at radius 3 is 1.42 bits per heavy atom. The van der Waals surface area contributed by atoms with Crippen molar-refractivity contribution in [2.24, 2.45) is 0 Å². The summed E-state index contributed by atoms with van der Waals surface area (Å²) in [6.45, 7) is 7.89. The van der Waals surface area contributed by atoms with Crippen molar-refractivity contribution in [1.29, 1.82) is 0 Å². The first kappa shape index (κ1) is 18.5. The van der Waals surface area contributed by atoms with Gasteiger partial charge in [0.25, 0.3) is 0 Å². The number of rotatable bonds is 15. The van der Waals surface area contributed by atoms with Gasteiger partial charge in [-0.25, -0.2) is 0 Å². The van der Waals surface area contributed by atoms with Gasteiger partial charge in [-0.15, -0.1) is 0 Å². The second-order valence-electron chi connectivity index (χ2n) is 5.66. The van der Waals surface area contributed by atoms with E-state index in [1.165, 1.54) is 83.5 Å². The molecule has 19 heavy (non-hydrogen) atoms. The first-order chi connectivity index (χ1) is 9.31. The molecule has 1 heteroatoms. The van der Waals surface area contributed by atoms with Crippen molar-refractivity contribution in [1.82, 2.24) is 0 Å². The largest absolute Gasteiger partial charge is 0.501 e. The van der Waals surface area contributed by atoms with E-state index in [0.29, 0.717) is 5.76 Å². The van der Waals surface area contributed by atoms with E-state index in [2.05, 4.69) is 6.92 Å². The summed E-state index contributed by atoms with van der Waals surface area (Å²) >= 11 is 0. The van der Waals surface area contributed by atoms with Crippen LogP contribution in [0.3, 0.4) is 0 Å². The molecule has 0 amide bonds. The predicted octanol–water partition coefficient (Wildman–Crippen LogP) is 6.43. The molecule has 0 unspecified atom stereocenters. The van der Waals surface area contributed by atoms with Gasteiger partial charge < -0.3 is 4.74 Å². The van der Waals surface area contributed by atoms with Crippen LogP contribution in [-0.4, -0.2) is 7.11 Å². The molecule has 0 fully saturated rings. The molecular weight excluding hydrogens is 232 g/mol. The van der Waals surface area contributed by atoms with Gasteiger partial charge in [-0.3, -0.25) is 0 Å². The highest BCUT2D eigenvalue weighted by Gasteiger charge is 1.95. The summed E-state index contributed by atoms with van der Waals surface area (Å²) in [6.07, 6.45) is 19.0. The zero-order valence-electron chi connectivity index (χ0n) is 13.4. The number of methoxy groups -OCH3 is 1. The number of allylic oxidation sites excluding steroid dienone is 1. The fraction of sp³-hybridized carbons (Fsp3) is 0.889. The minimum absolute atomic E-state index is 0.683. The predicted molar refractivity (Wildman–Crippen MR) is 85.1 cm³/mol. The van der Waals surface area contributed by atoms with Crippen LogP contribution in [0.25, 0.3) is 0 Å². The number of hydrogen-bond acceptors (Lipinski definition) is 1. The highest BCUT2D eigenvalue weighted by Crippen LogP contribution is 2.13. The van der Waals surface area contributed by atoms with Crippen LogP contribution in [0.15, 0.2) is 5.76 Å². The SMILES string of the molecule is [CH]=C(CCCCCCCCCCCCCCC)OC. The summed E-state index contributed by atoms with van der Waals surface area (Å²) in [7, 11) is 1.65. The normalized spacial score (nSPS) is 10.6. The molecule has 0 aromatic rings. The van der Waals surface area contributed by atoms with Crippen LogP contribution in [0, 0.1) is 6.58 Å². The molecule has 0 atom stereocenters. The summed E-state index contributed by atoms with van der Waals surface area (Å²) in [5, 5.41) is 0. The van der Waals surface area contributed by atoms with E-state index in [-0.39, 0.29) is 0 Å². The van der Waals surface area contributed by atoms with Crippen molar-refractivity contribution in [2.45, 2.75) is 96.8 Å². The van der Waals surface area contributed by atoms with Crippen molar-refractivity contribution >= 4 is 0 Å². The highest BCUT2D eigenvalue weighted by atomic mass is 16.5. The third kappa shape index (κ3) is 15.5. The Morgan fingerprint density at radius 1 is 0.684 bits per heavy atom. The maximum Gasteiger partial charge on any atom is 0.0956 e. The van der Waals surface area contributed by atoms with Gasteiger partial charge in [0.1, 0.15) is 0 Å². The van der Waals surface area contributed by atoms with Crippen molar-refractivity contribution < 1.29 is 4.74 Å². The lowest BCUT2D eigenvalue weighted by molar-refractivity contribution is 0.274. The Balaban J connectivity index is 2.97. The van der Waals surface area contributed by atoms with Crippen LogP contribution < -0.4 is 0 Å². The van der Waals surface area contributed by atoms with Crippen LogP contribution >= 0.6 is 0 Å². The van der Waals surface area contributed by atoms with Crippen LogP contribution in [0.2, 0.25) is 0 Å². The first-order valence-electron chi connectivity index (χ1n) is 8.46. The van der Waals surface area contributed by atoms with Crippen molar-refractivity contribution in [3.8, 4) is 0 Å². The van der Waals surface area contributed by atoms with Crippen molar-refractivity contribution in [3.63, 3.8) is 0 Å². The van der Waals surface area contributed by atoms with E-state index < -0.39 is 0 Å². The average molecular weight is 267 g/mol. The van der Waals surface area contributed by atoms with Crippen LogP contribution in [0.5, 0.6) is 0 Å². The Morgan fingerprint density at radius 2 is 1.05 bits per heavy atom. The summed E-state index contributed by atoms with van der Waals surface area (Å²) in [5.41, 5.74) is 0. The van der Waals surface area contributed by atoms with Crippen LogP contribution in [-0.2, 0) is 4.74 Å². The lowest BCUT2D eigenvalue weighted by atomic mass is 10.0. The molecule has 0 saturated carbocycles. The lowest BCUT2D eigenvalue weighted by Gasteiger charge is -2.04. The van der Waals surface area contributed by atoms with E-state index in [1.807, 2.05) is 0 Å². The molecule has 1 nitrogen and oxygen atoms in total. The minimum atomic E-state index is 0.683. The Labute approximate surface area is 121 Å². The minimum Gasteiger partial charge on any atom is -0.501 e. The maximum absolute atomic E-state index is 5.61. The number of hydrogen-bond donors (Lipinski definition) is 0. The molecule has 0 N–H and O–H groups in total. The maximum atomic E-state index is 5.61. The lowest BCUT2D eigenvalue weighted by Crippen LogP contribution is -1.86. The molecule has 0 bridgehead atoms.